The molecule has 0 bridgehead atoms. The lowest BCUT2D eigenvalue weighted by molar-refractivity contribution is 0.0747. The maximum Gasteiger partial charge on any atom is 0.265 e. The molecule has 1 amide bonds. The van der Waals surface area contributed by atoms with E-state index in [1.54, 1.807) is 0 Å². The third-order valence-corrected chi connectivity index (χ3v) is 5.54. The van der Waals surface area contributed by atoms with Gasteiger partial charge in [-0.05, 0) is 18.9 Å². The van der Waals surface area contributed by atoms with Crippen LogP contribution in [0.2, 0.25) is 5.02 Å². The van der Waals surface area contributed by atoms with Crippen molar-refractivity contribution in [3.63, 3.8) is 0 Å². The van der Waals surface area contributed by atoms with Crippen LogP contribution in [0.1, 0.15) is 41.8 Å². The number of likely N-dealkylation sites (tertiary alicyclic amines) is 1. The average molecular weight is 308 g/mol. The van der Waals surface area contributed by atoms with Crippen molar-refractivity contribution in [2.75, 3.05) is 13.1 Å². The molecule has 0 spiro atoms. The van der Waals surface area contributed by atoms with E-state index in [2.05, 4.69) is 0 Å². The van der Waals surface area contributed by atoms with Crippen LogP contribution in [0.25, 0.3) is 10.1 Å². The number of carbonyl (C=O) groups is 1. The summed E-state index contributed by atoms with van der Waals surface area (Å²) in [7, 11) is 0. The summed E-state index contributed by atoms with van der Waals surface area (Å²) in [5, 5.41) is 1.62. The van der Waals surface area contributed by atoms with Gasteiger partial charge in [0.05, 0.1) is 5.02 Å². The molecule has 1 fully saturated rings. The summed E-state index contributed by atoms with van der Waals surface area (Å²) in [5.74, 6) is 0.109. The first-order valence-corrected chi connectivity index (χ1v) is 8.43. The van der Waals surface area contributed by atoms with Crippen LogP contribution in [0, 0.1) is 0 Å². The van der Waals surface area contributed by atoms with Crippen LogP contribution < -0.4 is 0 Å². The number of halogens is 1. The van der Waals surface area contributed by atoms with E-state index in [1.165, 1.54) is 30.6 Å². The van der Waals surface area contributed by atoms with Crippen LogP contribution in [0.15, 0.2) is 24.3 Å². The fourth-order valence-corrected chi connectivity index (χ4v) is 4.23. The van der Waals surface area contributed by atoms with E-state index in [0.717, 1.165) is 36.0 Å². The van der Waals surface area contributed by atoms with E-state index in [1.807, 2.05) is 29.2 Å². The summed E-state index contributed by atoms with van der Waals surface area (Å²) in [4.78, 5) is 15.4. The minimum Gasteiger partial charge on any atom is -0.338 e. The molecule has 1 aliphatic rings. The third kappa shape index (κ3) is 2.70. The van der Waals surface area contributed by atoms with E-state index in [9.17, 15) is 4.79 Å². The Hall–Kier alpha value is -1.06. The Morgan fingerprint density at radius 3 is 2.40 bits per heavy atom. The van der Waals surface area contributed by atoms with Gasteiger partial charge in [0.2, 0.25) is 0 Å². The summed E-state index contributed by atoms with van der Waals surface area (Å²) in [6.07, 6.45) is 5.96. The highest BCUT2D eigenvalue weighted by Gasteiger charge is 2.22. The number of benzene rings is 1. The van der Waals surface area contributed by atoms with E-state index < -0.39 is 0 Å². The van der Waals surface area contributed by atoms with Crippen molar-refractivity contribution < 1.29 is 4.79 Å². The fraction of sp³-hybridized carbons (Fsp3) is 0.438. The van der Waals surface area contributed by atoms with Gasteiger partial charge in [-0.1, -0.05) is 49.1 Å². The fourth-order valence-electron chi connectivity index (χ4n) is 2.75. The summed E-state index contributed by atoms with van der Waals surface area (Å²) in [6, 6.07) is 7.96. The normalized spacial score (nSPS) is 16.9. The molecule has 20 heavy (non-hydrogen) atoms. The molecule has 2 aromatic rings. The number of rotatable bonds is 1. The van der Waals surface area contributed by atoms with Crippen molar-refractivity contribution in [2.45, 2.75) is 32.1 Å². The van der Waals surface area contributed by atoms with Gasteiger partial charge in [0, 0.05) is 23.2 Å². The highest BCUT2D eigenvalue weighted by molar-refractivity contribution is 7.21. The monoisotopic (exact) mass is 307 g/mol. The van der Waals surface area contributed by atoms with Gasteiger partial charge in [-0.15, -0.1) is 11.3 Å². The Balaban J connectivity index is 1.89. The first-order chi connectivity index (χ1) is 9.77. The molecule has 4 heteroatoms. The maximum atomic E-state index is 12.7. The Labute approximate surface area is 128 Å². The van der Waals surface area contributed by atoms with Gasteiger partial charge in [0.25, 0.3) is 5.91 Å². The van der Waals surface area contributed by atoms with Crippen molar-refractivity contribution in [3.8, 4) is 0 Å². The second-order valence-corrected chi connectivity index (χ2v) is 6.73. The summed E-state index contributed by atoms with van der Waals surface area (Å²) < 4.78 is 1.09. The molecule has 1 aromatic heterocycles. The quantitative estimate of drug-likeness (QED) is 0.729. The molecule has 0 saturated carbocycles. The number of hydrogen-bond acceptors (Lipinski definition) is 2. The average Bonchev–Trinajstić information content (AvgIpc) is 2.76. The molecular formula is C16H18ClNOS. The number of thiophene rings is 1. The van der Waals surface area contributed by atoms with E-state index in [-0.39, 0.29) is 5.91 Å². The van der Waals surface area contributed by atoms with Gasteiger partial charge in [-0.25, -0.2) is 0 Å². The third-order valence-electron chi connectivity index (χ3n) is 3.87. The minimum atomic E-state index is 0.109. The van der Waals surface area contributed by atoms with Crippen molar-refractivity contribution in [2.24, 2.45) is 0 Å². The number of carbonyl (C=O) groups excluding carboxylic acids is 1. The first kappa shape index (κ1) is 13.9. The molecule has 2 heterocycles. The zero-order valence-electron chi connectivity index (χ0n) is 11.4. The molecule has 1 aromatic carbocycles. The number of nitrogens with zero attached hydrogens (tertiary/aromatic N) is 1. The molecule has 0 N–H and O–H groups in total. The van der Waals surface area contributed by atoms with Gasteiger partial charge in [0.1, 0.15) is 4.88 Å². The Bertz CT molecular complexity index is 614. The van der Waals surface area contributed by atoms with Crippen LogP contribution in [0.4, 0.5) is 0 Å². The minimum absolute atomic E-state index is 0.109. The molecule has 1 saturated heterocycles. The standard InChI is InChI=1S/C16H18ClNOS/c17-14-12-8-4-5-9-13(12)20-15(14)16(19)18-10-6-2-1-3-7-11-18/h4-5,8-9H,1-3,6-7,10-11H2. The number of fused-ring (bicyclic) bond motifs is 1. The van der Waals surface area contributed by atoms with E-state index in [0.29, 0.717) is 9.90 Å². The second-order valence-electron chi connectivity index (χ2n) is 5.30. The molecule has 0 unspecified atom stereocenters. The van der Waals surface area contributed by atoms with Crippen LogP contribution in [0.5, 0.6) is 0 Å². The predicted octanol–water partition coefficient (Wildman–Crippen LogP) is 4.96. The summed E-state index contributed by atoms with van der Waals surface area (Å²) in [5.41, 5.74) is 0. The molecule has 106 valence electrons. The van der Waals surface area contributed by atoms with E-state index >= 15 is 0 Å². The van der Waals surface area contributed by atoms with Crippen molar-refractivity contribution in [1.82, 2.24) is 4.90 Å². The molecule has 2 nitrogen and oxygen atoms in total. The zero-order chi connectivity index (χ0) is 13.9. The second kappa shape index (κ2) is 6.15. The largest absolute Gasteiger partial charge is 0.338 e. The van der Waals surface area contributed by atoms with Crippen LogP contribution >= 0.6 is 22.9 Å². The van der Waals surface area contributed by atoms with Crippen molar-refractivity contribution in [1.29, 1.82) is 0 Å². The lowest BCUT2D eigenvalue weighted by atomic mass is 10.1. The Morgan fingerprint density at radius 1 is 1.05 bits per heavy atom. The van der Waals surface area contributed by atoms with Crippen LogP contribution in [-0.4, -0.2) is 23.9 Å². The van der Waals surface area contributed by atoms with E-state index in [4.69, 9.17) is 11.6 Å². The van der Waals surface area contributed by atoms with Crippen molar-refractivity contribution >= 4 is 38.9 Å². The lowest BCUT2D eigenvalue weighted by Gasteiger charge is -2.24. The highest BCUT2D eigenvalue weighted by atomic mass is 35.5. The number of amides is 1. The molecule has 0 radical (unpaired) electrons. The maximum absolute atomic E-state index is 12.7. The first-order valence-electron chi connectivity index (χ1n) is 7.23. The SMILES string of the molecule is O=C(c1sc2ccccc2c1Cl)N1CCCCCCC1. The van der Waals surface area contributed by atoms with Gasteiger partial charge >= 0.3 is 0 Å². The van der Waals surface area contributed by atoms with Crippen molar-refractivity contribution in [3.05, 3.63) is 34.2 Å². The predicted molar refractivity (Wildman–Crippen MR) is 85.8 cm³/mol. The molecule has 0 aliphatic carbocycles. The Morgan fingerprint density at radius 2 is 1.70 bits per heavy atom. The molecule has 1 aliphatic heterocycles. The molecule has 0 atom stereocenters. The van der Waals surface area contributed by atoms with Crippen LogP contribution in [0.3, 0.4) is 0 Å². The summed E-state index contributed by atoms with van der Waals surface area (Å²) >= 11 is 7.92. The van der Waals surface area contributed by atoms with Gasteiger partial charge in [-0.2, -0.15) is 0 Å². The smallest absolute Gasteiger partial charge is 0.265 e. The zero-order valence-corrected chi connectivity index (χ0v) is 13.0. The number of hydrogen-bond donors (Lipinski definition) is 0. The highest BCUT2D eigenvalue weighted by Crippen LogP contribution is 2.36. The van der Waals surface area contributed by atoms with Crippen LogP contribution in [-0.2, 0) is 0 Å². The van der Waals surface area contributed by atoms with Gasteiger partial charge in [-0.3, -0.25) is 4.79 Å². The van der Waals surface area contributed by atoms with Gasteiger partial charge in [0.15, 0.2) is 0 Å². The lowest BCUT2D eigenvalue weighted by Crippen LogP contribution is -2.33. The molecular weight excluding hydrogens is 290 g/mol. The summed E-state index contributed by atoms with van der Waals surface area (Å²) in [6.45, 7) is 1.73. The molecule has 3 rings (SSSR count). The van der Waals surface area contributed by atoms with Gasteiger partial charge < -0.3 is 4.90 Å². The topological polar surface area (TPSA) is 20.3 Å². The Kier molecular flexibility index (Phi) is 4.27.